The molecule has 0 spiro atoms. The summed E-state index contributed by atoms with van der Waals surface area (Å²) in [6.07, 6.45) is 5.37. The third-order valence-corrected chi connectivity index (χ3v) is 6.94. The van der Waals surface area contributed by atoms with Crippen molar-refractivity contribution in [1.29, 1.82) is 0 Å². The van der Waals surface area contributed by atoms with E-state index in [-0.39, 0.29) is 18.6 Å². The van der Waals surface area contributed by atoms with E-state index in [9.17, 15) is 14.3 Å². The van der Waals surface area contributed by atoms with E-state index in [2.05, 4.69) is 9.97 Å². The van der Waals surface area contributed by atoms with Gasteiger partial charge in [0.15, 0.2) is 17.9 Å². The van der Waals surface area contributed by atoms with E-state index in [1.165, 1.54) is 4.90 Å². The number of H-pyrrole nitrogens is 1. The first-order valence-corrected chi connectivity index (χ1v) is 11.8. The van der Waals surface area contributed by atoms with Crippen LogP contribution in [0.1, 0.15) is 48.9 Å². The second-order valence-electron chi connectivity index (χ2n) is 9.28. The average Bonchev–Trinajstić information content (AvgIpc) is 3.49. The van der Waals surface area contributed by atoms with Crippen molar-refractivity contribution in [1.82, 2.24) is 14.9 Å². The van der Waals surface area contributed by atoms with Crippen LogP contribution in [0.25, 0.3) is 11.0 Å². The fraction of sp³-hybridized carbons (Fsp3) is 0.440. The third kappa shape index (κ3) is 3.88. The van der Waals surface area contributed by atoms with Crippen LogP contribution in [-0.2, 0) is 28.0 Å². The Bertz CT molecular complexity index is 1250. The zero-order chi connectivity index (χ0) is 23.3. The number of nitrogens with one attached hydrogen (secondary N) is 1. The van der Waals surface area contributed by atoms with Crippen LogP contribution in [0.5, 0.6) is 11.5 Å². The number of pyridine rings is 1. The molecule has 0 bridgehead atoms. The minimum Gasteiger partial charge on any atom is -0.465 e. The zero-order valence-corrected chi connectivity index (χ0v) is 18.7. The molecule has 9 heteroatoms. The lowest BCUT2D eigenvalue weighted by Gasteiger charge is -2.27. The summed E-state index contributed by atoms with van der Waals surface area (Å²) in [4.78, 5) is 20.2. The molecule has 1 atom stereocenters. The van der Waals surface area contributed by atoms with Gasteiger partial charge in [-0.05, 0) is 67.9 Å². The first-order chi connectivity index (χ1) is 16.5. The topological polar surface area (TPSA) is 96.9 Å². The van der Waals surface area contributed by atoms with Crippen LogP contribution in [0.15, 0.2) is 30.5 Å². The quantitative estimate of drug-likeness (QED) is 0.544. The summed E-state index contributed by atoms with van der Waals surface area (Å²) in [5.74, 6) is -0.0273. The minimum absolute atomic E-state index is 0.0862. The molecule has 2 N–H and O–H groups in total. The highest BCUT2D eigenvalue weighted by molar-refractivity contribution is 5.84. The number of halogens is 1. The van der Waals surface area contributed by atoms with E-state index in [0.717, 1.165) is 55.1 Å². The number of carbonyl (C=O) groups is 1. The number of amides is 1. The number of aromatic nitrogens is 2. The van der Waals surface area contributed by atoms with Crippen molar-refractivity contribution in [2.24, 2.45) is 0 Å². The molecule has 0 radical (unpaired) electrons. The van der Waals surface area contributed by atoms with Gasteiger partial charge in [0.05, 0.1) is 11.6 Å². The molecule has 2 aromatic heterocycles. The van der Waals surface area contributed by atoms with E-state index in [1.54, 1.807) is 12.1 Å². The second-order valence-corrected chi connectivity index (χ2v) is 9.28. The van der Waals surface area contributed by atoms with Crippen LogP contribution in [-0.4, -0.2) is 45.5 Å². The zero-order valence-electron chi connectivity index (χ0n) is 18.7. The molecule has 6 rings (SSSR count). The molecule has 3 aromatic rings. The van der Waals surface area contributed by atoms with Crippen molar-refractivity contribution in [2.45, 2.75) is 57.0 Å². The van der Waals surface area contributed by atoms with Gasteiger partial charge in [0.25, 0.3) is 0 Å². The normalized spacial score (nSPS) is 21.3. The van der Waals surface area contributed by atoms with E-state index < -0.39 is 17.5 Å². The van der Waals surface area contributed by atoms with Crippen molar-refractivity contribution in [3.05, 3.63) is 53.1 Å². The summed E-state index contributed by atoms with van der Waals surface area (Å²) in [5.41, 5.74) is 2.86. The molecule has 1 unspecified atom stereocenters. The van der Waals surface area contributed by atoms with Crippen molar-refractivity contribution >= 4 is 17.1 Å². The molecule has 178 valence electrons. The summed E-state index contributed by atoms with van der Waals surface area (Å²) in [6, 6.07) is 7.36. The maximum atomic E-state index is 14.9. The second kappa shape index (κ2) is 8.25. The number of fused-ring (bicyclic) bond motifs is 2. The number of benzene rings is 1. The lowest BCUT2D eigenvalue weighted by molar-refractivity contribution is -0.200. The summed E-state index contributed by atoms with van der Waals surface area (Å²) < 4.78 is 33.0. The van der Waals surface area contributed by atoms with Gasteiger partial charge in [-0.25, -0.2) is 14.2 Å². The number of hydrogen-bond donors (Lipinski definition) is 2. The molecule has 8 nitrogen and oxygen atoms in total. The Morgan fingerprint density at radius 3 is 2.91 bits per heavy atom. The first kappa shape index (κ1) is 21.4. The first-order valence-electron chi connectivity index (χ1n) is 11.8. The molecule has 34 heavy (non-hydrogen) atoms. The molecule has 4 heterocycles. The van der Waals surface area contributed by atoms with Crippen molar-refractivity contribution < 1.29 is 28.5 Å². The van der Waals surface area contributed by atoms with Gasteiger partial charge in [-0.3, -0.25) is 0 Å². The lowest BCUT2D eigenvalue weighted by Crippen LogP contribution is -2.34. The lowest BCUT2D eigenvalue weighted by atomic mass is 10.00. The van der Waals surface area contributed by atoms with E-state index in [0.29, 0.717) is 36.4 Å². The van der Waals surface area contributed by atoms with Gasteiger partial charge in [0, 0.05) is 25.4 Å². The van der Waals surface area contributed by atoms with Crippen LogP contribution in [0.2, 0.25) is 0 Å². The summed E-state index contributed by atoms with van der Waals surface area (Å²) in [5, 5.41) is 9.86. The summed E-state index contributed by atoms with van der Waals surface area (Å²) >= 11 is 0. The number of aromatic amines is 1. The molecule has 1 aliphatic carbocycles. The highest BCUT2D eigenvalue weighted by Crippen LogP contribution is 2.51. The van der Waals surface area contributed by atoms with Gasteiger partial charge in [-0.15, -0.1) is 0 Å². The summed E-state index contributed by atoms with van der Waals surface area (Å²) in [7, 11) is 0. The SMILES string of the molecule is O=C(O)N1CCc2ccc(Oc3c(F)cnc4[nH]c(C5(OC6CCCCO6)CC5)cc34)cc2C1. The van der Waals surface area contributed by atoms with Crippen LogP contribution in [0, 0.1) is 5.82 Å². The third-order valence-electron chi connectivity index (χ3n) is 6.94. The van der Waals surface area contributed by atoms with Gasteiger partial charge in [-0.2, -0.15) is 0 Å². The van der Waals surface area contributed by atoms with Gasteiger partial charge in [0.2, 0.25) is 0 Å². The molecule has 2 aliphatic heterocycles. The molecular weight excluding hydrogens is 441 g/mol. The van der Waals surface area contributed by atoms with Gasteiger partial charge < -0.3 is 29.2 Å². The van der Waals surface area contributed by atoms with Gasteiger partial charge in [0.1, 0.15) is 17.0 Å². The van der Waals surface area contributed by atoms with E-state index >= 15 is 0 Å². The maximum absolute atomic E-state index is 14.9. The van der Waals surface area contributed by atoms with Crippen molar-refractivity contribution in [3.63, 3.8) is 0 Å². The van der Waals surface area contributed by atoms with Crippen LogP contribution in [0.4, 0.5) is 9.18 Å². The van der Waals surface area contributed by atoms with E-state index in [4.69, 9.17) is 14.2 Å². The predicted octanol–water partition coefficient (Wildman–Crippen LogP) is 5.06. The molecule has 1 saturated carbocycles. The minimum atomic E-state index is -0.950. The highest BCUT2D eigenvalue weighted by Gasteiger charge is 2.49. The standard InChI is InChI=1S/C25H26FN3O5/c26-19-13-27-23-18(12-20(28-23)25(7-8-25)34-21-3-1-2-10-32-21)22(19)33-17-5-4-15-6-9-29(24(30)31)14-16(15)11-17/h4-5,11-13,21H,1-3,6-10,14H2,(H,27,28)(H,30,31). The maximum Gasteiger partial charge on any atom is 0.407 e. The van der Waals surface area contributed by atoms with Crippen molar-refractivity contribution in [3.8, 4) is 11.5 Å². The Morgan fingerprint density at radius 2 is 2.15 bits per heavy atom. The largest absolute Gasteiger partial charge is 0.465 e. The average molecular weight is 467 g/mol. The molecule has 1 amide bonds. The number of carboxylic acid groups (broad SMARTS) is 1. The van der Waals surface area contributed by atoms with Crippen molar-refractivity contribution in [2.75, 3.05) is 13.2 Å². The van der Waals surface area contributed by atoms with E-state index in [1.807, 2.05) is 12.1 Å². The van der Waals surface area contributed by atoms with Crippen LogP contribution < -0.4 is 4.74 Å². The van der Waals surface area contributed by atoms with Crippen LogP contribution >= 0.6 is 0 Å². The van der Waals surface area contributed by atoms with Crippen LogP contribution in [0.3, 0.4) is 0 Å². The highest BCUT2D eigenvalue weighted by atomic mass is 19.1. The fourth-order valence-electron chi connectivity index (χ4n) is 4.87. The number of hydrogen-bond acceptors (Lipinski definition) is 5. The van der Waals surface area contributed by atoms with Gasteiger partial charge in [-0.1, -0.05) is 6.07 Å². The van der Waals surface area contributed by atoms with Gasteiger partial charge >= 0.3 is 6.09 Å². The fourth-order valence-corrected chi connectivity index (χ4v) is 4.87. The Hall–Kier alpha value is -3.17. The summed E-state index contributed by atoms with van der Waals surface area (Å²) in [6.45, 7) is 1.46. The molecular formula is C25H26FN3O5. The number of nitrogens with zero attached hydrogens (tertiary/aromatic N) is 2. The Labute approximate surface area is 195 Å². The molecule has 2 fully saturated rings. The molecule has 1 aromatic carbocycles. The Morgan fingerprint density at radius 1 is 1.26 bits per heavy atom. The predicted molar refractivity (Wildman–Crippen MR) is 120 cm³/mol. The Balaban J connectivity index is 1.29. The number of ether oxygens (including phenoxy) is 3. The number of rotatable bonds is 5. The monoisotopic (exact) mass is 467 g/mol. The molecule has 3 aliphatic rings. The smallest absolute Gasteiger partial charge is 0.407 e. The Kier molecular flexibility index (Phi) is 5.18. The molecule has 1 saturated heterocycles.